The van der Waals surface area contributed by atoms with Crippen molar-refractivity contribution in [2.24, 2.45) is 0 Å². The van der Waals surface area contributed by atoms with E-state index in [4.69, 9.17) is 22.1 Å². The van der Waals surface area contributed by atoms with Crippen LogP contribution in [-0.4, -0.2) is 25.2 Å². The minimum absolute atomic E-state index is 0.145. The molecule has 1 fully saturated rings. The Morgan fingerprint density at radius 1 is 1.52 bits per heavy atom. The van der Waals surface area contributed by atoms with Gasteiger partial charge in [0.1, 0.15) is 4.88 Å². The van der Waals surface area contributed by atoms with Gasteiger partial charge in [0.25, 0.3) is 5.91 Å². The molecule has 1 aliphatic rings. The summed E-state index contributed by atoms with van der Waals surface area (Å²) >= 11 is 7.37. The number of nitrogens with two attached hydrogens (primary N) is 1. The van der Waals surface area contributed by atoms with Crippen molar-refractivity contribution in [3.05, 3.63) is 28.1 Å². The number of anilines is 1. The molecule has 0 aliphatic heterocycles. The predicted molar refractivity (Wildman–Crippen MR) is 87.2 cm³/mol. The smallest absolute Gasteiger partial charge is 0.263 e. The van der Waals surface area contributed by atoms with Crippen LogP contribution in [0, 0.1) is 0 Å². The summed E-state index contributed by atoms with van der Waals surface area (Å²) in [6, 6.07) is 5.48. The maximum Gasteiger partial charge on any atom is 0.263 e. The second-order valence-electron chi connectivity index (χ2n) is 5.41. The molecule has 112 valence electrons. The fourth-order valence-corrected chi connectivity index (χ4v) is 3.80. The van der Waals surface area contributed by atoms with E-state index < -0.39 is 0 Å². The molecule has 0 bridgehead atoms. The van der Waals surface area contributed by atoms with Gasteiger partial charge in [0.2, 0.25) is 0 Å². The molecule has 0 atom stereocenters. The number of fused-ring (bicyclic) bond motifs is 1. The predicted octanol–water partition coefficient (Wildman–Crippen LogP) is 3.44. The van der Waals surface area contributed by atoms with Crippen molar-refractivity contribution in [3.63, 3.8) is 0 Å². The SMILES string of the molecule is COC1(CNC(=O)c2sc3ccc(Cl)cc3c2N)CCC1. The monoisotopic (exact) mass is 324 g/mol. The summed E-state index contributed by atoms with van der Waals surface area (Å²) in [7, 11) is 1.70. The van der Waals surface area contributed by atoms with Crippen LogP contribution in [-0.2, 0) is 4.74 Å². The van der Waals surface area contributed by atoms with E-state index in [9.17, 15) is 4.79 Å². The summed E-state index contributed by atoms with van der Waals surface area (Å²) in [6.45, 7) is 0.525. The third kappa shape index (κ3) is 2.61. The molecular weight excluding hydrogens is 308 g/mol. The molecule has 0 spiro atoms. The second kappa shape index (κ2) is 5.48. The van der Waals surface area contributed by atoms with E-state index in [0.29, 0.717) is 22.1 Å². The number of thiophene rings is 1. The number of amides is 1. The first kappa shape index (κ1) is 14.6. The van der Waals surface area contributed by atoms with Gasteiger partial charge in [0.05, 0.1) is 11.3 Å². The highest BCUT2D eigenvalue weighted by Gasteiger charge is 2.37. The van der Waals surface area contributed by atoms with Crippen LogP contribution in [0.5, 0.6) is 0 Å². The topological polar surface area (TPSA) is 64.3 Å². The molecule has 21 heavy (non-hydrogen) atoms. The summed E-state index contributed by atoms with van der Waals surface area (Å²) in [5.41, 5.74) is 6.39. The van der Waals surface area contributed by atoms with Crippen LogP contribution >= 0.6 is 22.9 Å². The van der Waals surface area contributed by atoms with Gasteiger partial charge in [-0.05, 0) is 37.5 Å². The molecule has 1 amide bonds. The zero-order valence-corrected chi connectivity index (χ0v) is 13.3. The largest absolute Gasteiger partial charge is 0.397 e. The lowest BCUT2D eigenvalue weighted by molar-refractivity contribution is -0.0679. The van der Waals surface area contributed by atoms with E-state index in [1.807, 2.05) is 6.07 Å². The molecule has 0 radical (unpaired) electrons. The minimum Gasteiger partial charge on any atom is -0.397 e. The third-order valence-corrected chi connectivity index (χ3v) is 5.58. The van der Waals surface area contributed by atoms with Gasteiger partial charge in [-0.3, -0.25) is 4.79 Å². The van der Waals surface area contributed by atoms with Gasteiger partial charge in [0, 0.05) is 28.8 Å². The van der Waals surface area contributed by atoms with Gasteiger partial charge >= 0.3 is 0 Å². The van der Waals surface area contributed by atoms with Crippen molar-refractivity contribution in [1.82, 2.24) is 5.32 Å². The van der Waals surface area contributed by atoms with Crippen molar-refractivity contribution in [1.29, 1.82) is 0 Å². The lowest BCUT2D eigenvalue weighted by Crippen LogP contribution is -2.49. The average molecular weight is 325 g/mol. The Hall–Kier alpha value is -1.30. The minimum atomic E-state index is -0.190. The molecule has 0 unspecified atom stereocenters. The Balaban J connectivity index is 1.80. The Bertz CT molecular complexity index is 689. The van der Waals surface area contributed by atoms with E-state index in [-0.39, 0.29) is 11.5 Å². The second-order valence-corrected chi connectivity index (χ2v) is 6.90. The lowest BCUT2D eigenvalue weighted by atomic mass is 9.80. The number of benzene rings is 1. The molecular formula is C15H17ClN2O2S. The van der Waals surface area contributed by atoms with E-state index in [2.05, 4.69) is 5.32 Å². The first-order chi connectivity index (χ1) is 10.0. The zero-order valence-electron chi connectivity index (χ0n) is 11.7. The number of rotatable bonds is 4. The number of nitrogen functional groups attached to an aromatic ring is 1. The fourth-order valence-electron chi connectivity index (χ4n) is 2.60. The Labute approximate surface area is 132 Å². The van der Waals surface area contributed by atoms with Crippen LogP contribution in [0.1, 0.15) is 28.9 Å². The van der Waals surface area contributed by atoms with Crippen LogP contribution in [0.15, 0.2) is 18.2 Å². The van der Waals surface area contributed by atoms with Crippen molar-refractivity contribution in [2.75, 3.05) is 19.4 Å². The Morgan fingerprint density at radius 3 is 2.90 bits per heavy atom. The third-order valence-electron chi connectivity index (χ3n) is 4.16. The normalized spacial score (nSPS) is 16.7. The zero-order chi connectivity index (χ0) is 15.0. The molecule has 6 heteroatoms. The highest BCUT2D eigenvalue weighted by molar-refractivity contribution is 7.21. The molecule has 4 nitrogen and oxygen atoms in total. The number of halogens is 1. The lowest BCUT2D eigenvalue weighted by Gasteiger charge is -2.40. The fraction of sp³-hybridized carbons (Fsp3) is 0.400. The van der Waals surface area contributed by atoms with Crippen LogP contribution in [0.2, 0.25) is 5.02 Å². The van der Waals surface area contributed by atoms with Crippen LogP contribution in [0.4, 0.5) is 5.69 Å². The highest BCUT2D eigenvalue weighted by atomic mass is 35.5. The highest BCUT2D eigenvalue weighted by Crippen LogP contribution is 2.36. The average Bonchev–Trinajstić information content (AvgIpc) is 2.75. The molecule has 1 aromatic carbocycles. The number of nitrogens with one attached hydrogen (secondary N) is 1. The van der Waals surface area contributed by atoms with E-state index in [0.717, 1.165) is 29.3 Å². The summed E-state index contributed by atoms with van der Waals surface area (Å²) < 4.78 is 6.47. The summed E-state index contributed by atoms with van der Waals surface area (Å²) in [6.07, 6.45) is 3.12. The van der Waals surface area contributed by atoms with Crippen molar-refractivity contribution in [3.8, 4) is 0 Å². The number of ether oxygens (including phenoxy) is 1. The maximum absolute atomic E-state index is 12.4. The molecule has 1 saturated carbocycles. The number of carbonyl (C=O) groups is 1. The standard InChI is InChI=1S/C15H17ClN2O2S/c1-20-15(5-2-6-15)8-18-14(19)13-12(17)10-7-9(16)3-4-11(10)21-13/h3-4,7H,2,5-6,8,17H2,1H3,(H,18,19). The van der Waals surface area contributed by atoms with Crippen LogP contribution in [0.3, 0.4) is 0 Å². The van der Waals surface area contributed by atoms with Gasteiger partial charge in [0.15, 0.2) is 0 Å². The summed E-state index contributed by atoms with van der Waals surface area (Å²) in [4.78, 5) is 12.9. The van der Waals surface area contributed by atoms with Crippen molar-refractivity contribution < 1.29 is 9.53 Å². The Morgan fingerprint density at radius 2 is 2.29 bits per heavy atom. The molecule has 2 aromatic rings. The van der Waals surface area contributed by atoms with Gasteiger partial charge in [-0.1, -0.05) is 11.6 Å². The van der Waals surface area contributed by atoms with Crippen molar-refractivity contribution >= 4 is 44.6 Å². The maximum atomic E-state index is 12.4. The molecule has 1 aliphatic carbocycles. The summed E-state index contributed by atoms with van der Waals surface area (Å²) in [5.74, 6) is -0.145. The molecule has 3 N–H and O–H groups in total. The first-order valence-electron chi connectivity index (χ1n) is 6.85. The van der Waals surface area contributed by atoms with Gasteiger partial charge in [-0.2, -0.15) is 0 Å². The van der Waals surface area contributed by atoms with Crippen LogP contribution < -0.4 is 11.1 Å². The summed E-state index contributed by atoms with van der Waals surface area (Å²) in [5, 5.41) is 4.40. The number of carbonyl (C=O) groups excluding carboxylic acids is 1. The Kier molecular flexibility index (Phi) is 3.82. The quantitative estimate of drug-likeness (QED) is 0.905. The number of hydrogen-bond acceptors (Lipinski definition) is 4. The van der Waals surface area contributed by atoms with Gasteiger partial charge in [-0.15, -0.1) is 11.3 Å². The molecule has 1 aromatic heterocycles. The van der Waals surface area contributed by atoms with E-state index >= 15 is 0 Å². The van der Waals surface area contributed by atoms with Crippen molar-refractivity contribution in [2.45, 2.75) is 24.9 Å². The van der Waals surface area contributed by atoms with Gasteiger partial charge in [-0.25, -0.2) is 0 Å². The van der Waals surface area contributed by atoms with Gasteiger partial charge < -0.3 is 15.8 Å². The molecule has 1 heterocycles. The molecule has 0 saturated heterocycles. The number of methoxy groups -OCH3 is 1. The van der Waals surface area contributed by atoms with Crippen LogP contribution in [0.25, 0.3) is 10.1 Å². The van der Waals surface area contributed by atoms with E-state index in [1.165, 1.54) is 11.3 Å². The van der Waals surface area contributed by atoms with E-state index in [1.54, 1.807) is 19.2 Å². The first-order valence-corrected chi connectivity index (χ1v) is 8.05. The number of hydrogen-bond donors (Lipinski definition) is 2. The molecule has 3 rings (SSSR count).